The molecule has 1 heterocycles. The lowest BCUT2D eigenvalue weighted by Gasteiger charge is -2.13. The van der Waals surface area contributed by atoms with Crippen LogP contribution in [0.5, 0.6) is 5.75 Å². The normalized spacial score (nSPS) is 12.1. The number of nitrogens with two attached hydrogens (primary N) is 1. The lowest BCUT2D eigenvalue weighted by Crippen LogP contribution is -2.24. The molecule has 0 aliphatic heterocycles. The highest BCUT2D eigenvalue weighted by Crippen LogP contribution is 2.23. The van der Waals surface area contributed by atoms with Crippen LogP contribution in [0.25, 0.3) is 11.4 Å². The van der Waals surface area contributed by atoms with Crippen LogP contribution in [-0.2, 0) is 4.79 Å². The average Bonchev–Trinajstić information content (AvgIpc) is 2.87. The fourth-order valence-electron chi connectivity index (χ4n) is 1.73. The highest BCUT2D eigenvalue weighted by atomic mass is 16.5. The molecule has 5 heteroatoms. The minimum Gasteiger partial charge on any atom is -0.497 e. The third kappa shape index (κ3) is 2.20. The number of carbonyl (C=O) groups excluding carboxylic acids is 1. The number of methoxy groups -OCH3 is 1. The van der Waals surface area contributed by atoms with E-state index in [9.17, 15) is 4.79 Å². The standard InChI is InChI=1S/C13H15N3O2/c1-9(12(14)17)16-8-7-15-13(16)10-3-5-11(18-2)6-4-10/h3-9H,1-2H3,(H2,14,17). The van der Waals surface area contributed by atoms with Crippen LogP contribution in [0.15, 0.2) is 36.7 Å². The van der Waals surface area contributed by atoms with E-state index >= 15 is 0 Å². The van der Waals surface area contributed by atoms with Gasteiger partial charge in [0, 0.05) is 18.0 Å². The number of rotatable bonds is 4. The third-order valence-electron chi connectivity index (χ3n) is 2.85. The summed E-state index contributed by atoms with van der Waals surface area (Å²) in [5.74, 6) is 1.10. The second-order valence-corrected chi connectivity index (χ2v) is 3.96. The van der Waals surface area contributed by atoms with Gasteiger partial charge in [0.1, 0.15) is 17.6 Å². The van der Waals surface area contributed by atoms with Gasteiger partial charge in [-0.15, -0.1) is 0 Å². The van der Waals surface area contributed by atoms with E-state index in [4.69, 9.17) is 10.5 Å². The Morgan fingerprint density at radius 3 is 2.61 bits per heavy atom. The van der Waals surface area contributed by atoms with Crippen molar-refractivity contribution < 1.29 is 9.53 Å². The van der Waals surface area contributed by atoms with Crippen molar-refractivity contribution in [2.24, 2.45) is 5.73 Å². The molecule has 1 aromatic carbocycles. The maximum atomic E-state index is 11.2. The average molecular weight is 245 g/mol. The Hall–Kier alpha value is -2.30. The molecule has 0 aliphatic carbocycles. The predicted octanol–water partition coefficient (Wildman–Crippen LogP) is 1.60. The summed E-state index contributed by atoms with van der Waals surface area (Å²) in [5, 5.41) is 0. The van der Waals surface area contributed by atoms with Crippen LogP contribution in [0, 0.1) is 0 Å². The number of nitrogens with zero attached hydrogens (tertiary/aromatic N) is 2. The maximum absolute atomic E-state index is 11.2. The van der Waals surface area contributed by atoms with Crippen LogP contribution < -0.4 is 10.5 Å². The first-order valence-corrected chi connectivity index (χ1v) is 5.60. The smallest absolute Gasteiger partial charge is 0.240 e. The van der Waals surface area contributed by atoms with E-state index in [2.05, 4.69) is 4.98 Å². The van der Waals surface area contributed by atoms with Crippen molar-refractivity contribution in [2.45, 2.75) is 13.0 Å². The van der Waals surface area contributed by atoms with Gasteiger partial charge in [-0.05, 0) is 31.2 Å². The van der Waals surface area contributed by atoms with Gasteiger partial charge in [-0.2, -0.15) is 0 Å². The summed E-state index contributed by atoms with van der Waals surface area (Å²) in [5.41, 5.74) is 6.22. The number of imidazole rings is 1. The summed E-state index contributed by atoms with van der Waals surface area (Å²) in [6, 6.07) is 7.06. The monoisotopic (exact) mass is 245 g/mol. The van der Waals surface area contributed by atoms with Gasteiger partial charge in [-0.25, -0.2) is 4.98 Å². The molecule has 0 aliphatic rings. The molecule has 0 bridgehead atoms. The molecule has 1 amide bonds. The lowest BCUT2D eigenvalue weighted by molar-refractivity contribution is -0.120. The van der Waals surface area contributed by atoms with Crippen LogP contribution in [0.2, 0.25) is 0 Å². The minimum atomic E-state index is -0.426. The molecule has 1 atom stereocenters. The van der Waals surface area contributed by atoms with Gasteiger partial charge in [0.2, 0.25) is 5.91 Å². The zero-order valence-corrected chi connectivity index (χ0v) is 10.3. The third-order valence-corrected chi connectivity index (χ3v) is 2.85. The van der Waals surface area contributed by atoms with Crippen LogP contribution in [0.1, 0.15) is 13.0 Å². The van der Waals surface area contributed by atoms with Gasteiger partial charge in [-0.1, -0.05) is 0 Å². The molecule has 94 valence electrons. The lowest BCUT2D eigenvalue weighted by atomic mass is 10.2. The number of aromatic nitrogens is 2. The summed E-state index contributed by atoms with van der Waals surface area (Å²) in [6.45, 7) is 1.75. The summed E-state index contributed by atoms with van der Waals surface area (Å²) < 4.78 is 6.86. The Morgan fingerprint density at radius 2 is 2.06 bits per heavy atom. The molecule has 2 rings (SSSR count). The predicted molar refractivity (Wildman–Crippen MR) is 68.1 cm³/mol. The number of hydrogen-bond donors (Lipinski definition) is 1. The van der Waals surface area contributed by atoms with Gasteiger partial charge < -0.3 is 15.0 Å². The maximum Gasteiger partial charge on any atom is 0.240 e. The summed E-state index contributed by atoms with van der Waals surface area (Å²) >= 11 is 0. The van der Waals surface area contributed by atoms with Crippen LogP contribution in [0.4, 0.5) is 0 Å². The zero-order chi connectivity index (χ0) is 13.1. The molecule has 1 unspecified atom stereocenters. The van der Waals surface area contributed by atoms with E-state index in [1.165, 1.54) is 0 Å². The molecule has 2 aromatic rings. The molecule has 0 saturated carbocycles. The number of primary amides is 1. The van der Waals surface area contributed by atoms with Crippen LogP contribution in [0.3, 0.4) is 0 Å². The van der Waals surface area contributed by atoms with Crippen molar-refractivity contribution in [1.82, 2.24) is 9.55 Å². The summed E-state index contributed by atoms with van der Waals surface area (Å²) in [6.07, 6.45) is 3.40. The molecule has 0 spiro atoms. The number of amides is 1. The Morgan fingerprint density at radius 1 is 1.39 bits per heavy atom. The molecule has 18 heavy (non-hydrogen) atoms. The van der Waals surface area contributed by atoms with Gasteiger partial charge >= 0.3 is 0 Å². The number of ether oxygens (including phenoxy) is 1. The van der Waals surface area contributed by atoms with E-state index in [1.807, 2.05) is 24.3 Å². The molecule has 2 N–H and O–H groups in total. The number of benzene rings is 1. The Kier molecular flexibility index (Phi) is 3.32. The van der Waals surface area contributed by atoms with Crippen molar-refractivity contribution in [3.8, 4) is 17.1 Å². The van der Waals surface area contributed by atoms with Crippen molar-refractivity contribution >= 4 is 5.91 Å². The second kappa shape index (κ2) is 4.91. The Balaban J connectivity index is 2.38. The summed E-state index contributed by atoms with van der Waals surface area (Å²) in [4.78, 5) is 15.5. The molecular weight excluding hydrogens is 230 g/mol. The second-order valence-electron chi connectivity index (χ2n) is 3.96. The molecule has 0 saturated heterocycles. The quantitative estimate of drug-likeness (QED) is 0.889. The van der Waals surface area contributed by atoms with E-state index < -0.39 is 6.04 Å². The van der Waals surface area contributed by atoms with Gasteiger partial charge in [0.15, 0.2) is 0 Å². The first kappa shape index (κ1) is 12.2. The molecule has 0 fully saturated rings. The minimum absolute atomic E-state index is 0.386. The topological polar surface area (TPSA) is 70.1 Å². The highest BCUT2D eigenvalue weighted by molar-refractivity contribution is 5.78. The molecule has 0 radical (unpaired) electrons. The van der Waals surface area contributed by atoms with Crippen LogP contribution >= 0.6 is 0 Å². The fourth-order valence-corrected chi connectivity index (χ4v) is 1.73. The van der Waals surface area contributed by atoms with Crippen molar-refractivity contribution in [3.63, 3.8) is 0 Å². The zero-order valence-electron chi connectivity index (χ0n) is 10.3. The Bertz CT molecular complexity index is 546. The van der Waals surface area contributed by atoms with Crippen molar-refractivity contribution in [1.29, 1.82) is 0 Å². The first-order chi connectivity index (χ1) is 8.63. The Labute approximate surface area is 105 Å². The molecule has 5 nitrogen and oxygen atoms in total. The summed E-state index contributed by atoms with van der Waals surface area (Å²) in [7, 11) is 1.62. The van der Waals surface area contributed by atoms with E-state index in [0.717, 1.165) is 11.3 Å². The molecular formula is C13H15N3O2. The SMILES string of the molecule is COc1ccc(-c2nccn2C(C)C(N)=O)cc1. The first-order valence-electron chi connectivity index (χ1n) is 5.60. The van der Waals surface area contributed by atoms with Crippen molar-refractivity contribution in [2.75, 3.05) is 7.11 Å². The number of carbonyl (C=O) groups is 1. The van der Waals surface area contributed by atoms with Gasteiger partial charge in [0.25, 0.3) is 0 Å². The molecule has 1 aromatic heterocycles. The fraction of sp³-hybridized carbons (Fsp3) is 0.231. The van der Waals surface area contributed by atoms with E-state index in [0.29, 0.717) is 5.82 Å². The number of hydrogen-bond acceptors (Lipinski definition) is 3. The largest absolute Gasteiger partial charge is 0.497 e. The van der Waals surface area contributed by atoms with Crippen LogP contribution in [-0.4, -0.2) is 22.6 Å². The van der Waals surface area contributed by atoms with Crippen molar-refractivity contribution in [3.05, 3.63) is 36.7 Å². The van der Waals surface area contributed by atoms with Gasteiger partial charge in [0.05, 0.1) is 7.11 Å². The van der Waals surface area contributed by atoms with E-state index in [-0.39, 0.29) is 5.91 Å². The van der Waals surface area contributed by atoms with Gasteiger partial charge in [-0.3, -0.25) is 4.79 Å². The van der Waals surface area contributed by atoms with E-state index in [1.54, 1.807) is 31.0 Å². The highest BCUT2D eigenvalue weighted by Gasteiger charge is 2.15.